The molecule has 5 rings (SSSR count). The smallest absolute Gasteiger partial charge is 0.353 e. The van der Waals surface area contributed by atoms with Crippen LogP contribution in [0.15, 0.2) is 48.7 Å². The Hall–Kier alpha value is -3.43. The van der Waals surface area contributed by atoms with Crippen LogP contribution >= 0.6 is 0 Å². The van der Waals surface area contributed by atoms with Crippen molar-refractivity contribution in [2.75, 3.05) is 47.4 Å². The van der Waals surface area contributed by atoms with Crippen LogP contribution in [0.25, 0.3) is 11.3 Å². The second-order valence-electron chi connectivity index (χ2n) is 8.95. The molecule has 0 radical (unpaired) electrons. The Balaban J connectivity index is 1.42. The van der Waals surface area contributed by atoms with Gasteiger partial charge in [-0.3, -0.25) is 0 Å². The SMILES string of the molecule is C[C@@H]1CCCN1c1nc(-c2ccc(F)cc2)cc(N2CCN(c3ncccc3C(F)(F)F)CC2)n1. The maximum Gasteiger partial charge on any atom is 0.419 e. The summed E-state index contributed by atoms with van der Waals surface area (Å²) in [5.41, 5.74) is 0.750. The molecular formula is C25H26F4N6. The van der Waals surface area contributed by atoms with Crippen LogP contribution in [0, 0.1) is 5.82 Å². The van der Waals surface area contributed by atoms with Crippen LogP contribution < -0.4 is 14.7 Å². The average molecular weight is 487 g/mol. The zero-order valence-corrected chi connectivity index (χ0v) is 19.3. The number of hydrogen-bond acceptors (Lipinski definition) is 6. The van der Waals surface area contributed by atoms with E-state index < -0.39 is 11.7 Å². The second-order valence-corrected chi connectivity index (χ2v) is 8.95. The third kappa shape index (κ3) is 4.87. The van der Waals surface area contributed by atoms with Gasteiger partial charge in [-0.1, -0.05) is 0 Å². The molecule has 0 spiro atoms. The van der Waals surface area contributed by atoms with E-state index in [2.05, 4.69) is 21.7 Å². The van der Waals surface area contributed by atoms with Gasteiger partial charge in [-0.2, -0.15) is 18.2 Å². The average Bonchev–Trinajstić information content (AvgIpc) is 3.30. The van der Waals surface area contributed by atoms with Crippen LogP contribution in [-0.2, 0) is 6.18 Å². The van der Waals surface area contributed by atoms with Crippen molar-refractivity contribution in [2.24, 2.45) is 0 Å². The number of nitrogens with zero attached hydrogens (tertiary/aromatic N) is 6. The van der Waals surface area contributed by atoms with Crippen molar-refractivity contribution in [3.63, 3.8) is 0 Å². The quantitative estimate of drug-likeness (QED) is 0.483. The van der Waals surface area contributed by atoms with Gasteiger partial charge in [0.1, 0.15) is 17.5 Å². The van der Waals surface area contributed by atoms with E-state index in [0.717, 1.165) is 31.0 Å². The number of anilines is 3. The summed E-state index contributed by atoms with van der Waals surface area (Å²) in [6.45, 7) is 4.74. The van der Waals surface area contributed by atoms with Gasteiger partial charge in [0.15, 0.2) is 0 Å². The van der Waals surface area contributed by atoms with Crippen LogP contribution in [0.5, 0.6) is 0 Å². The molecule has 2 saturated heterocycles. The summed E-state index contributed by atoms with van der Waals surface area (Å²) >= 11 is 0. The molecule has 3 aromatic rings. The third-order valence-electron chi connectivity index (χ3n) is 6.65. The summed E-state index contributed by atoms with van der Waals surface area (Å²) < 4.78 is 53.9. The molecular weight excluding hydrogens is 460 g/mol. The molecule has 2 aliphatic rings. The van der Waals surface area contributed by atoms with Crippen LogP contribution in [0.1, 0.15) is 25.3 Å². The lowest BCUT2D eigenvalue weighted by molar-refractivity contribution is -0.137. The molecule has 6 nitrogen and oxygen atoms in total. The molecule has 0 bridgehead atoms. The Morgan fingerprint density at radius 1 is 0.914 bits per heavy atom. The number of hydrogen-bond donors (Lipinski definition) is 0. The molecule has 184 valence electrons. The van der Waals surface area contributed by atoms with Gasteiger partial charge >= 0.3 is 6.18 Å². The predicted octanol–water partition coefficient (Wildman–Crippen LogP) is 5.01. The van der Waals surface area contributed by atoms with Crippen molar-refractivity contribution >= 4 is 17.6 Å². The summed E-state index contributed by atoms with van der Waals surface area (Å²) in [5.74, 6) is 0.977. The fourth-order valence-electron chi connectivity index (χ4n) is 4.73. The highest BCUT2D eigenvalue weighted by Gasteiger charge is 2.36. The minimum absolute atomic E-state index is 0.0408. The molecule has 2 aromatic heterocycles. The van der Waals surface area contributed by atoms with Crippen LogP contribution in [-0.4, -0.2) is 53.7 Å². The van der Waals surface area contributed by atoms with E-state index in [9.17, 15) is 17.6 Å². The molecule has 0 saturated carbocycles. The normalized spacial score (nSPS) is 18.9. The zero-order chi connectivity index (χ0) is 24.6. The molecule has 1 atom stereocenters. The van der Waals surface area contributed by atoms with Crippen molar-refractivity contribution in [3.05, 3.63) is 60.0 Å². The van der Waals surface area contributed by atoms with E-state index in [1.165, 1.54) is 24.4 Å². The van der Waals surface area contributed by atoms with Crippen molar-refractivity contribution in [3.8, 4) is 11.3 Å². The van der Waals surface area contributed by atoms with Gasteiger partial charge < -0.3 is 14.7 Å². The lowest BCUT2D eigenvalue weighted by Gasteiger charge is -2.37. The topological polar surface area (TPSA) is 48.4 Å². The first-order valence-corrected chi connectivity index (χ1v) is 11.7. The highest BCUT2D eigenvalue weighted by atomic mass is 19.4. The third-order valence-corrected chi connectivity index (χ3v) is 6.65. The van der Waals surface area contributed by atoms with Gasteiger partial charge in [0.05, 0.1) is 11.3 Å². The van der Waals surface area contributed by atoms with E-state index in [0.29, 0.717) is 49.7 Å². The molecule has 0 aliphatic carbocycles. The maximum atomic E-state index is 13.5. The number of alkyl halides is 3. The van der Waals surface area contributed by atoms with Crippen molar-refractivity contribution in [2.45, 2.75) is 32.0 Å². The Bertz CT molecular complexity index is 1180. The van der Waals surface area contributed by atoms with E-state index in [1.54, 1.807) is 17.0 Å². The van der Waals surface area contributed by atoms with Crippen LogP contribution in [0.4, 0.5) is 35.1 Å². The fraction of sp³-hybridized carbons (Fsp3) is 0.400. The molecule has 0 N–H and O–H groups in total. The van der Waals surface area contributed by atoms with Crippen LogP contribution in [0.3, 0.4) is 0 Å². The highest BCUT2D eigenvalue weighted by Crippen LogP contribution is 2.36. The molecule has 0 amide bonds. The van der Waals surface area contributed by atoms with Crippen molar-refractivity contribution < 1.29 is 17.6 Å². The minimum Gasteiger partial charge on any atom is -0.353 e. The van der Waals surface area contributed by atoms with Crippen molar-refractivity contribution in [1.82, 2.24) is 15.0 Å². The first kappa shape index (κ1) is 23.3. The number of halogens is 4. The highest BCUT2D eigenvalue weighted by molar-refractivity contribution is 5.65. The predicted molar refractivity (Wildman–Crippen MR) is 127 cm³/mol. The van der Waals surface area contributed by atoms with Crippen molar-refractivity contribution in [1.29, 1.82) is 0 Å². The minimum atomic E-state index is -4.46. The standard InChI is InChI=1S/C25H26F4N6/c1-17-4-3-11-35(17)24-31-21(18-6-8-19(26)9-7-18)16-22(32-24)33-12-14-34(15-13-33)23-20(25(27,28)29)5-2-10-30-23/h2,5-10,16-17H,3-4,11-15H2,1H3/t17-/m1/s1. The van der Waals surface area contributed by atoms with Gasteiger partial charge in [-0.25, -0.2) is 14.4 Å². The van der Waals surface area contributed by atoms with Gasteiger partial charge in [0, 0.05) is 56.6 Å². The van der Waals surface area contributed by atoms with Gasteiger partial charge in [0.25, 0.3) is 0 Å². The monoisotopic (exact) mass is 486 g/mol. The largest absolute Gasteiger partial charge is 0.419 e. The number of benzene rings is 1. The van der Waals surface area contributed by atoms with Crippen LogP contribution in [0.2, 0.25) is 0 Å². The molecule has 2 fully saturated rings. The molecule has 35 heavy (non-hydrogen) atoms. The molecule has 2 aliphatic heterocycles. The zero-order valence-electron chi connectivity index (χ0n) is 19.3. The number of rotatable bonds is 4. The molecule has 1 aromatic carbocycles. The fourth-order valence-corrected chi connectivity index (χ4v) is 4.73. The van der Waals surface area contributed by atoms with Gasteiger partial charge in [-0.05, 0) is 56.2 Å². The first-order valence-electron chi connectivity index (χ1n) is 11.7. The number of piperazine rings is 1. The Morgan fingerprint density at radius 2 is 1.63 bits per heavy atom. The summed E-state index contributed by atoms with van der Waals surface area (Å²) in [6.07, 6.45) is -0.951. The Labute approximate surface area is 201 Å². The van der Waals surface area contributed by atoms with Gasteiger partial charge in [0.2, 0.25) is 5.95 Å². The molecule has 10 heteroatoms. The molecule has 0 unspecified atom stereocenters. The number of aromatic nitrogens is 3. The second kappa shape index (κ2) is 9.31. The maximum absolute atomic E-state index is 13.5. The summed E-state index contributed by atoms with van der Waals surface area (Å²) in [7, 11) is 0. The lowest BCUT2D eigenvalue weighted by Crippen LogP contribution is -2.47. The Kier molecular flexibility index (Phi) is 6.21. The summed E-state index contributed by atoms with van der Waals surface area (Å²) in [6, 6.07) is 10.7. The summed E-state index contributed by atoms with van der Waals surface area (Å²) in [5, 5.41) is 0. The lowest BCUT2D eigenvalue weighted by atomic mass is 10.1. The van der Waals surface area contributed by atoms with Gasteiger partial charge in [-0.15, -0.1) is 0 Å². The molecule has 4 heterocycles. The van der Waals surface area contributed by atoms with E-state index in [4.69, 9.17) is 9.97 Å². The van der Waals surface area contributed by atoms with E-state index in [-0.39, 0.29) is 11.6 Å². The summed E-state index contributed by atoms with van der Waals surface area (Å²) in [4.78, 5) is 19.6. The number of pyridine rings is 1. The Morgan fingerprint density at radius 3 is 2.29 bits per heavy atom. The van der Waals surface area contributed by atoms with E-state index in [1.807, 2.05) is 6.07 Å². The first-order chi connectivity index (χ1) is 16.8. The van der Waals surface area contributed by atoms with E-state index >= 15 is 0 Å².